The molecule has 0 bridgehead atoms. The summed E-state index contributed by atoms with van der Waals surface area (Å²) in [5.41, 5.74) is 5.62. The number of benzene rings is 1. The number of rotatable bonds is 11. The summed E-state index contributed by atoms with van der Waals surface area (Å²) in [5, 5.41) is 1.65. The molecule has 0 spiro atoms. The summed E-state index contributed by atoms with van der Waals surface area (Å²) in [5.74, 6) is 0. The molecule has 0 saturated carbocycles. The Morgan fingerprint density at radius 3 is 0.872 bits per heavy atom. The molecular formula is C30H67ISi7Te. The van der Waals surface area contributed by atoms with Crippen LogP contribution in [-0.4, -0.2) is 73.5 Å². The molecule has 0 aliphatic carbocycles. The maximum atomic E-state index is 2.95. The SMILES string of the molecule is C[Si](C)(C)C(c1cc(C([Si](C)(C)C)([Si](C)(C)C)[Si](C)(C)C)cc(C([Si](C)(C)C)[Si](C)(C)C)c1[Te]I)[Si](C)(C)C. The van der Waals surface area contributed by atoms with Gasteiger partial charge in [0.05, 0.1) is 0 Å². The summed E-state index contributed by atoms with van der Waals surface area (Å²) >= 11 is 2.63. The molecule has 1 aromatic carbocycles. The summed E-state index contributed by atoms with van der Waals surface area (Å²) < 4.78 is 2.35. The monoisotopic (exact) mass is 880 g/mol. The van der Waals surface area contributed by atoms with Crippen LogP contribution in [0.3, 0.4) is 0 Å². The zero-order valence-electron chi connectivity index (χ0n) is 30.1. The van der Waals surface area contributed by atoms with Crippen molar-refractivity contribution in [3.05, 3.63) is 28.8 Å². The molecule has 1 aromatic rings. The maximum absolute atomic E-state index is 2.95. The zero-order valence-corrected chi connectivity index (χ0v) is 41.6. The predicted molar refractivity (Wildman–Crippen MR) is 216 cm³/mol. The Morgan fingerprint density at radius 1 is 0.487 bits per heavy atom. The molecule has 1 rings (SSSR count). The first kappa shape index (κ1) is 39.3. The van der Waals surface area contributed by atoms with Gasteiger partial charge in [0.25, 0.3) is 0 Å². The molecule has 0 aliphatic heterocycles. The van der Waals surface area contributed by atoms with Crippen LogP contribution in [0, 0.1) is 0 Å². The van der Waals surface area contributed by atoms with Gasteiger partial charge in [-0.15, -0.1) is 0 Å². The second-order valence-electron chi connectivity index (χ2n) is 19.9. The van der Waals surface area contributed by atoms with Crippen molar-refractivity contribution < 1.29 is 0 Å². The van der Waals surface area contributed by atoms with Crippen molar-refractivity contribution in [3.8, 4) is 0 Å². The molecule has 0 atom stereocenters. The van der Waals surface area contributed by atoms with Gasteiger partial charge in [-0.2, -0.15) is 0 Å². The first-order valence-corrected chi connectivity index (χ1v) is 48.0. The van der Waals surface area contributed by atoms with Gasteiger partial charge in [-0.3, -0.25) is 0 Å². The Labute approximate surface area is 273 Å². The number of hydrogen-bond donors (Lipinski definition) is 0. The van der Waals surface area contributed by atoms with E-state index in [9.17, 15) is 0 Å². The molecule has 0 nitrogen and oxygen atoms in total. The van der Waals surface area contributed by atoms with E-state index < -0.39 is 56.5 Å². The fourth-order valence-corrected chi connectivity index (χ4v) is 72.2. The van der Waals surface area contributed by atoms with Gasteiger partial charge in [-0.1, -0.05) is 0 Å². The second kappa shape index (κ2) is 12.2. The molecule has 9 heteroatoms. The van der Waals surface area contributed by atoms with Crippen LogP contribution in [0.25, 0.3) is 0 Å². The quantitative estimate of drug-likeness (QED) is 0.153. The van der Waals surface area contributed by atoms with Gasteiger partial charge < -0.3 is 0 Å². The summed E-state index contributed by atoms with van der Waals surface area (Å²) in [6, 6.07) is 5.90. The van der Waals surface area contributed by atoms with Crippen LogP contribution in [-0.2, 0) is 4.28 Å². The number of hydrogen-bond acceptors (Lipinski definition) is 0. The third-order valence-corrected chi connectivity index (χ3v) is 53.5. The summed E-state index contributed by atoms with van der Waals surface area (Å²) in [4.78, 5) is 0. The Morgan fingerprint density at radius 2 is 0.718 bits per heavy atom. The van der Waals surface area contributed by atoms with Crippen LogP contribution >= 0.6 is 18.7 Å². The van der Waals surface area contributed by atoms with E-state index in [1.165, 1.54) is 0 Å². The molecule has 228 valence electrons. The average molecular weight is 879 g/mol. The summed E-state index contributed by atoms with van der Waals surface area (Å²) in [6.07, 6.45) is 0. The van der Waals surface area contributed by atoms with E-state index in [4.69, 9.17) is 0 Å². The molecule has 0 aromatic heterocycles. The Balaban J connectivity index is 4.79. The van der Waals surface area contributed by atoms with E-state index in [0.717, 1.165) is 10.3 Å². The van der Waals surface area contributed by atoms with Crippen LogP contribution < -0.4 is 3.61 Å². The van der Waals surface area contributed by atoms with Crippen molar-refractivity contribution in [1.82, 2.24) is 0 Å². The van der Waals surface area contributed by atoms with Crippen molar-refractivity contribution in [2.75, 3.05) is 0 Å². The molecule has 0 heterocycles. The predicted octanol–water partition coefficient (Wildman–Crippen LogP) is 10.9. The van der Waals surface area contributed by atoms with Crippen molar-refractivity contribution in [2.24, 2.45) is 0 Å². The van der Waals surface area contributed by atoms with E-state index in [0.29, 0.717) is 4.28 Å². The topological polar surface area (TPSA) is 0 Å². The normalized spacial score (nSPS) is 15.5. The van der Waals surface area contributed by atoms with Crippen molar-refractivity contribution in [3.63, 3.8) is 0 Å². The zero-order chi connectivity index (χ0) is 31.6. The first-order valence-electron chi connectivity index (χ1n) is 15.2. The third kappa shape index (κ3) is 8.11. The third-order valence-electron chi connectivity index (χ3n) is 9.12. The standard InChI is InChI=1S/C30H67ISi7Te/c1-32(2,3)28(33(4,5)6)25-22-24(30(36(13,14)15,37(16,17)18)38(19,20)21)23-26(27(25)39-31)29(34(7,8)9)35(10,11)12/h22-23,28-29H,1-21H3. The van der Waals surface area contributed by atoms with Gasteiger partial charge in [0, 0.05) is 0 Å². The number of halogens is 1. The molecule has 0 radical (unpaired) electrons. The van der Waals surface area contributed by atoms with Crippen LogP contribution in [0.2, 0.25) is 137 Å². The Hall–Kier alpha value is 2.26. The Bertz CT molecular complexity index is 888. The average Bonchev–Trinajstić information content (AvgIpc) is 2.52. The van der Waals surface area contributed by atoms with Crippen LogP contribution in [0.4, 0.5) is 0 Å². The first-order chi connectivity index (χ1) is 16.8. The fourth-order valence-electron chi connectivity index (χ4n) is 10.5. The van der Waals surface area contributed by atoms with E-state index in [-0.39, 0.29) is 17.0 Å². The van der Waals surface area contributed by atoms with Gasteiger partial charge in [0.1, 0.15) is 0 Å². The van der Waals surface area contributed by atoms with Gasteiger partial charge in [0.15, 0.2) is 0 Å². The van der Waals surface area contributed by atoms with Crippen LogP contribution in [0.15, 0.2) is 12.1 Å². The van der Waals surface area contributed by atoms with Crippen LogP contribution in [0.1, 0.15) is 27.0 Å². The van der Waals surface area contributed by atoms with Gasteiger partial charge in [-0.25, -0.2) is 0 Å². The molecule has 0 saturated heterocycles. The fraction of sp³-hybridized carbons (Fsp3) is 0.800. The molecule has 39 heavy (non-hydrogen) atoms. The molecule has 0 unspecified atom stereocenters. The summed E-state index contributed by atoms with van der Waals surface area (Å²) in [6.45, 7) is 57.0. The molecule has 0 aliphatic rings. The Kier molecular flexibility index (Phi) is 12.3. The van der Waals surface area contributed by atoms with E-state index in [1.807, 2.05) is 20.3 Å². The van der Waals surface area contributed by atoms with E-state index in [2.05, 4.69) is 168 Å². The van der Waals surface area contributed by atoms with Crippen molar-refractivity contribution in [2.45, 2.75) is 152 Å². The molecule has 0 fully saturated rings. The van der Waals surface area contributed by atoms with Crippen molar-refractivity contribution >= 4 is 95.8 Å². The van der Waals surface area contributed by atoms with Gasteiger partial charge in [-0.05, 0) is 0 Å². The molecular weight excluding hydrogens is 811 g/mol. The second-order valence-corrected chi connectivity index (χ2v) is 64.1. The minimum absolute atomic E-state index is 0.256. The van der Waals surface area contributed by atoms with Gasteiger partial charge >= 0.3 is 277 Å². The minimum atomic E-state index is -1.60. The van der Waals surface area contributed by atoms with Gasteiger partial charge in [0.2, 0.25) is 0 Å². The molecule has 0 N–H and O–H groups in total. The van der Waals surface area contributed by atoms with Crippen molar-refractivity contribution in [1.29, 1.82) is 0 Å². The molecule has 0 amide bonds. The van der Waals surface area contributed by atoms with E-state index in [1.54, 1.807) is 0 Å². The summed E-state index contributed by atoms with van der Waals surface area (Å²) in [7, 11) is -10.6. The van der Waals surface area contributed by atoms with E-state index >= 15 is 0 Å². The van der Waals surface area contributed by atoms with Crippen LogP contribution in [0.5, 0.6) is 0 Å².